The number of aliphatic hydroxyl groups excluding tert-OH is 1. The Balaban J connectivity index is 1.07. The number of hydrogen-bond donors (Lipinski definition) is 1. The summed E-state index contributed by atoms with van der Waals surface area (Å²) < 4.78 is 70.3. The number of aryl methyl sites for hydroxylation is 1. The first-order valence-corrected chi connectivity index (χ1v) is 20.6. The van der Waals surface area contributed by atoms with Crippen LogP contribution in [0.3, 0.4) is 0 Å². The monoisotopic (exact) mass is 837 g/mol. The molecule has 2 fully saturated rings. The molecule has 7 aromatic rings. The fourth-order valence-corrected chi connectivity index (χ4v) is 12.1. The van der Waals surface area contributed by atoms with E-state index in [0.29, 0.717) is 45.5 Å². The molecule has 4 aliphatic rings. The summed E-state index contributed by atoms with van der Waals surface area (Å²) in [5.74, 6) is -3.43. The molecule has 11 nitrogen and oxygen atoms in total. The predicted octanol–water partition coefficient (Wildman–Crippen LogP) is 8.99. The number of rotatable bonds is 7. The first-order valence-electron chi connectivity index (χ1n) is 20.6. The zero-order valence-electron chi connectivity index (χ0n) is 34.4. The van der Waals surface area contributed by atoms with Crippen molar-refractivity contribution >= 4 is 0 Å². The van der Waals surface area contributed by atoms with Crippen molar-refractivity contribution in [1.82, 2.24) is 45.3 Å². The summed E-state index contributed by atoms with van der Waals surface area (Å²) in [6.45, 7) is 9.87. The molecule has 0 amide bonds. The molecule has 2 aromatic carbocycles. The van der Waals surface area contributed by atoms with E-state index in [2.05, 4.69) is 39.0 Å². The highest BCUT2D eigenvalue weighted by atomic mass is 19.1. The van der Waals surface area contributed by atoms with E-state index in [1.807, 2.05) is 13.8 Å². The Bertz CT molecular complexity index is 3010. The maximum atomic E-state index is 17.7. The fraction of sp³-hybridized carbons (Fsp3) is 0.340. The summed E-state index contributed by atoms with van der Waals surface area (Å²) in [6.07, 6.45) is 9.80. The summed E-state index contributed by atoms with van der Waals surface area (Å²) in [5.41, 5.74) is 1.52. The van der Waals surface area contributed by atoms with Crippen molar-refractivity contribution in [2.75, 3.05) is 0 Å². The van der Waals surface area contributed by atoms with Gasteiger partial charge >= 0.3 is 0 Å². The van der Waals surface area contributed by atoms with Gasteiger partial charge in [-0.2, -0.15) is 10.2 Å². The molecule has 4 aliphatic carbocycles. The Labute approximate surface area is 353 Å². The van der Waals surface area contributed by atoms with E-state index in [4.69, 9.17) is 24.6 Å². The number of aromatic nitrogens is 9. The first-order chi connectivity index (χ1) is 29.7. The SMILES string of the molecule is Cc1cnc(-c2cncc([C@@]34CC(c5ccc(F)c(-c6cc7c(nn6)[C@@]6(c8cncc(CO)n8)CC[C@@H]7C6(C)C)c5F)[C@@H](c5cc(-c6c(F)cccc6F)nnc53)C4(C)C)n2)o1. The van der Waals surface area contributed by atoms with Crippen molar-refractivity contribution < 1.29 is 27.1 Å². The van der Waals surface area contributed by atoms with Crippen LogP contribution in [0.2, 0.25) is 0 Å². The third-order valence-corrected chi connectivity index (χ3v) is 14.9. The maximum Gasteiger partial charge on any atom is 0.246 e. The molecule has 312 valence electrons. The zero-order chi connectivity index (χ0) is 43.1. The summed E-state index contributed by atoms with van der Waals surface area (Å²) >= 11 is 0. The van der Waals surface area contributed by atoms with Crippen molar-refractivity contribution in [2.24, 2.45) is 10.8 Å². The molecule has 0 spiro atoms. The molecule has 5 heterocycles. The number of oxazole rings is 1. The van der Waals surface area contributed by atoms with Crippen molar-refractivity contribution in [3.63, 3.8) is 0 Å². The summed E-state index contributed by atoms with van der Waals surface area (Å²) in [5, 5.41) is 28.2. The maximum absolute atomic E-state index is 17.7. The van der Waals surface area contributed by atoms with Gasteiger partial charge in [-0.25, -0.2) is 27.5 Å². The van der Waals surface area contributed by atoms with Crippen LogP contribution in [0.5, 0.6) is 0 Å². The molecule has 4 bridgehead atoms. The normalized spacial score (nSPS) is 24.7. The lowest BCUT2D eigenvalue weighted by Crippen LogP contribution is -2.38. The average Bonchev–Trinajstić information content (AvgIpc) is 3.98. The van der Waals surface area contributed by atoms with Crippen LogP contribution in [0, 0.1) is 41.0 Å². The van der Waals surface area contributed by atoms with Gasteiger partial charge in [-0.1, -0.05) is 39.8 Å². The largest absolute Gasteiger partial charge is 0.440 e. The molecule has 5 aromatic heterocycles. The lowest BCUT2D eigenvalue weighted by Gasteiger charge is -2.37. The number of fused-ring (bicyclic) bond motifs is 10. The van der Waals surface area contributed by atoms with Crippen LogP contribution >= 0.6 is 0 Å². The highest BCUT2D eigenvalue weighted by Gasteiger charge is 2.69. The minimum atomic E-state index is -1.05. The molecule has 11 rings (SSSR count). The van der Waals surface area contributed by atoms with Gasteiger partial charge in [0.15, 0.2) is 0 Å². The van der Waals surface area contributed by atoms with Gasteiger partial charge in [0.25, 0.3) is 0 Å². The number of benzene rings is 2. The summed E-state index contributed by atoms with van der Waals surface area (Å²) in [6, 6.07) is 9.74. The molecule has 0 radical (unpaired) electrons. The quantitative estimate of drug-likeness (QED) is 0.153. The van der Waals surface area contributed by atoms with Crippen LogP contribution in [-0.2, 0) is 17.4 Å². The molecule has 1 N–H and O–H groups in total. The van der Waals surface area contributed by atoms with E-state index in [1.165, 1.54) is 24.4 Å². The Kier molecular flexibility index (Phi) is 8.14. The van der Waals surface area contributed by atoms with Crippen molar-refractivity contribution in [3.8, 4) is 34.1 Å². The van der Waals surface area contributed by atoms with Crippen LogP contribution < -0.4 is 0 Å². The van der Waals surface area contributed by atoms with Gasteiger partial charge in [0, 0.05) is 12.4 Å². The van der Waals surface area contributed by atoms with Crippen LogP contribution in [0.4, 0.5) is 17.6 Å². The molecule has 0 saturated heterocycles. The molecule has 15 heteroatoms. The third-order valence-electron chi connectivity index (χ3n) is 14.9. The highest BCUT2D eigenvalue weighted by molar-refractivity contribution is 5.68. The molecule has 0 aliphatic heterocycles. The zero-order valence-corrected chi connectivity index (χ0v) is 34.4. The van der Waals surface area contributed by atoms with Crippen LogP contribution in [0.25, 0.3) is 34.1 Å². The summed E-state index contributed by atoms with van der Waals surface area (Å²) in [4.78, 5) is 23.1. The summed E-state index contributed by atoms with van der Waals surface area (Å²) in [7, 11) is 0. The predicted molar refractivity (Wildman–Crippen MR) is 216 cm³/mol. The van der Waals surface area contributed by atoms with Crippen molar-refractivity contribution in [3.05, 3.63) is 148 Å². The first kappa shape index (κ1) is 38.6. The molecular formula is C47H39F4N9O2. The standard InChI is InChI=1S/C47H39F4N9O2/c1-22-16-54-43(62-22)34-18-53-20-36(56-34)47-15-27(39(45(47,4)5)26-14-32(57-60-42(26)47)37-29(48)7-6-8-30(37)49)24-9-10-31(50)38(40(24)51)33-13-25-28-11-12-46(44(28,2)3,41(25)59-58-33)35-19-52-17-23(21-61)55-35/h6-10,13-14,16-20,27-28,39,61H,11-12,15,21H2,1-5H3/t27?,28-,39+,46-,47-/m0/s1. The minimum Gasteiger partial charge on any atom is -0.440 e. The second-order valence-electron chi connectivity index (χ2n) is 18.2. The number of halogens is 4. The van der Waals surface area contributed by atoms with Gasteiger partial charge in [-0.3, -0.25) is 15.0 Å². The van der Waals surface area contributed by atoms with E-state index in [9.17, 15) is 5.11 Å². The molecule has 5 atom stereocenters. The number of nitrogens with zero attached hydrogens (tertiary/aromatic N) is 9. The molecule has 1 unspecified atom stereocenters. The Hall–Kier alpha value is -6.35. The second kappa shape index (κ2) is 13.1. The van der Waals surface area contributed by atoms with Gasteiger partial charge in [-0.15, -0.1) is 10.2 Å². The van der Waals surface area contributed by atoms with E-state index in [0.717, 1.165) is 30.5 Å². The van der Waals surface area contributed by atoms with Crippen molar-refractivity contribution in [1.29, 1.82) is 0 Å². The van der Waals surface area contributed by atoms with Gasteiger partial charge in [-0.05, 0) is 102 Å². The number of hydrogen-bond acceptors (Lipinski definition) is 11. The van der Waals surface area contributed by atoms with Gasteiger partial charge < -0.3 is 9.52 Å². The highest BCUT2D eigenvalue weighted by Crippen LogP contribution is 2.74. The molecule has 62 heavy (non-hydrogen) atoms. The van der Waals surface area contributed by atoms with Gasteiger partial charge in [0.05, 0.1) is 87.0 Å². The Morgan fingerprint density at radius 1 is 0.694 bits per heavy atom. The third kappa shape index (κ3) is 4.88. The lowest BCUT2D eigenvalue weighted by atomic mass is 9.66. The topological polar surface area (TPSA) is 149 Å². The molecule has 2 saturated carbocycles. The van der Waals surface area contributed by atoms with Gasteiger partial charge in [0.1, 0.15) is 34.7 Å². The number of aliphatic hydroxyl groups is 1. The smallest absolute Gasteiger partial charge is 0.246 e. The minimum absolute atomic E-state index is 0.00452. The lowest BCUT2D eigenvalue weighted by molar-refractivity contribution is 0.238. The molecular weight excluding hydrogens is 799 g/mol. The van der Waals surface area contributed by atoms with Crippen LogP contribution in [0.15, 0.2) is 77.9 Å². The van der Waals surface area contributed by atoms with E-state index >= 15 is 17.6 Å². The van der Waals surface area contributed by atoms with Crippen LogP contribution in [-0.4, -0.2) is 50.4 Å². The Morgan fingerprint density at radius 3 is 2.06 bits per heavy atom. The average molecular weight is 838 g/mol. The van der Waals surface area contributed by atoms with E-state index < -0.39 is 51.3 Å². The van der Waals surface area contributed by atoms with Gasteiger partial charge in [0.2, 0.25) is 5.89 Å². The second-order valence-corrected chi connectivity index (χ2v) is 18.2. The van der Waals surface area contributed by atoms with E-state index in [1.54, 1.807) is 43.8 Å². The van der Waals surface area contributed by atoms with Crippen LogP contribution in [0.1, 0.15) is 116 Å². The Morgan fingerprint density at radius 2 is 1.35 bits per heavy atom. The van der Waals surface area contributed by atoms with E-state index in [-0.39, 0.29) is 58.3 Å². The van der Waals surface area contributed by atoms with Crippen molar-refractivity contribution in [2.45, 2.75) is 89.1 Å². The fourth-order valence-electron chi connectivity index (χ4n) is 12.1.